The van der Waals surface area contributed by atoms with E-state index < -0.39 is 5.41 Å². The van der Waals surface area contributed by atoms with Gasteiger partial charge < -0.3 is 4.74 Å². The van der Waals surface area contributed by atoms with Crippen molar-refractivity contribution in [2.24, 2.45) is 5.41 Å². The van der Waals surface area contributed by atoms with E-state index in [1.165, 1.54) is 7.11 Å². The Morgan fingerprint density at radius 1 is 1.23 bits per heavy atom. The number of allylic oxidation sites excluding steroid dienone is 4. The zero-order valence-corrected chi connectivity index (χ0v) is 7.99. The Balaban J connectivity index is 2.99. The third kappa shape index (κ3) is 1.89. The fourth-order valence-electron chi connectivity index (χ4n) is 1.34. The normalized spacial score (nSPS) is 18.3. The van der Waals surface area contributed by atoms with Crippen LogP contribution in [0.3, 0.4) is 0 Å². The third-order valence-corrected chi connectivity index (χ3v) is 2.27. The molecule has 0 saturated heterocycles. The summed E-state index contributed by atoms with van der Waals surface area (Å²) in [5.41, 5.74) is -0.571. The monoisotopic (exact) mass is 178 g/mol. The maximum absolute atomic E-state index is 11.5. The van der Waals surface area contributed by atoms with Crippen LogP contribution in [0.5, 0.6) is 0 Å². The standard InChI is InChI=1S/C11H14O2/c1-3-11(10(12)13-2)8-6-4-5-7-9-11/h4-9H,3H2,1-2H3. The van der Waals surface area contributed by atoms with Crippen LogP contribution in [-0.2, 0) is 9.53 Å². The number of carbonyl (C=O) groups is 1. The fourth-order valence-corrected chi connectivity index (χ4v) is 1.34. The summed E-state index contributed by atoms with van der Waals surface area (Å²) < 4.78 is 4.77. The van der Waals surface area contributed by atoms with Crippen molar-refractivity contribution in [1.82, 2.24) is 0 Å². The molecule has 0 unspecified atom stereocenters. The summed E-state index contributed by atoms with van der Waals surface area (Å²) in [6.45, 7) is 1.97. The van der Waals surface area contributed by atoms with E-state index in [9.17, 15) is 4.79 Å². The summed E-state index contributed by atoms with van der Waals surface area (Å²) in [4.78, 5) is 11.5. The number of ether oxygens (including phenoxy) is 1. The smallest absolute Gasteiger partial charge is 0.319 e. The highest BCUT2D eigenvalue weighted by Gasteiger charge is 2.32. The van der Waals surface area contributed by atoms with E-state index in [4.69, 9.17) is 4.74 Å². The molecule has 0 fully saturated rings. The van der Waals surface area contributed by atoms with E-state index in [0.29, 0.717) is 6.42 Å². The average Bonchev–Trinajstić information content (AvgIpc) is 2.42. The summed E-state index contributed by atoms with van der Waals surface area (Å²) in [5, 5.41) is 0. The Hall–Kier alpha value is -1.31. The van der Waals surface area contributed by atoms with E-state index in [1.807, 2.05) is 43.4 Å². The molecule has 2 nitrogen and oxygen atoms in total. The van der Waals surface area contributed by atoms with Gasteiger partial charge >= 0.3 is 5.97 Å². The molecule has 0 atom stereocenters. The summed E-state index contributed by atoms with van der Waals surface area (Å²) >= 11 is 0. The van der Waals surface area contributed by atoms with Crippen molar-refractivity contribution in [1.29, 1.82) is 0 Å². The number of esters is 1. The Morgan fingerprint density at radius 3 is 2.15 bits per heavy atom. The number of rotatable bonds is 2. The van der Waals surface area contributed by atoms with E-state index in [-0.39, 0.29) is 5.97 Å². The minimum absolute atomic E-state index is 0.203. The van der Waals surface area contributed by atoms with Gasteiger partial charge in [0.25, 0.3) is 0 Å². The molecule has 0 bridgehead atoms. The minimum Gasteiger partial charge on any atom is -0.468 e. The largest absolute Gasteiger partial charge is 0.468 e. The lowest BCUT2D eigenvalue weighted by Crippen LogP contribution is -2.27. The SMILES string of the molecule is CCC1(C(=O)OC)C=CC=CC=C1. The minimum atomic E-state index is -0.571. The predicted molar refractivity (Wildman–Crippen MR) is 52.2 cm³/mol. The van der Waals surface area contributed by atoms with E-state index in [0.717, 1.165) is 0 Å². The second kappa shape index (κ2) is 4.08. The molecule has 0 aromatic rings. The van der Waals surface area contributed by atoms with E-state index >= 15 is 0 Å². The second-order valence-corrected chi connectivity index (χ2v) is 2.99. The van der Waals surface area contributed by atoms with Gasteiger partial charge in [-0.1, -0.05) is 43.4 Å². The van der Waals surface area contributed by atoms with Crippen LogP contribution < -0.4 is 0 Å². The molecule has 0 saturated carbocycles. The molecule has 0 amide bonds. The van der Waals surface area contributed by atoms with Gasteiger partial charge in [0.1, 0.15) is 5.41 Å². The molecule has 2 heteroatoms. The van der Waals surface area contributed by atoms with E-state index in [1.54, 1.807) is 0 Å². The highest BCUT2D eigenvalue weighted by molar-refractivity contribution is 5.81. The Bertz CT molecular complexity index is 256. The quantitative estimate of drug-likeness (QED) is 0.606. The molecule has 0 aliphatic heterocycles. The molecule has 1 aliphatic carbocycles. The lowest BCUT2D eigenvalue weighted by molar-refractivity contribution is -0.147. The topological polar surface area (TPSA) is 26.3 Å². The van der Waals surface area contributed by atoms with Gasteiger partial charge in [0.05, 0.1) is 7.11 Å². The lowest BCUT2D eigenvalue weighted by atomic mass is 9.85. The maximum Gasteiger partial charge on any atom is 0.319 e. The van der Waals surface area contributed by atoms with Crippen LogP contribution in [0.15, 0.2) is 36.5 Å². The molecule has 0 heterocycles. The fraction of sp³-hybridized carbons (Fsp3) is 0.364. The molecule has 1 rings (SSSR count). The van der Waals surface area contributed by atoms with Gasteiger partial charge in [-0.3, -0.25) is 4.79 Å². The molecule has 0 aromatic heterocycles. The molecular weight excluding hydrogens is 164 g/mol. The van der Waals surface area contributed by atoms with Gasteiger partial charge in [-0.25, -0.2) is 0 Å². The van der Waals surface area contributed by atoms with Crippen molar-refractivity contribution in [3.63, 3.8) is 0 Å². The first-order chi connectivity index (χ1) is 6.25. The van der Waals surface area contributed by atoms with Crippen molar-refractivity contribution in [2.45, 2.75) is 13.3 Å². The van der Waals surface area contributed by atoms with E-state index in [2.05, 4.69) is 0 Å². The lowest BCUT2D eigenvalue weighted by Gasteiger charge is -2.21. The Kier molecular flexibility index (Phi) is 3.07. The van der Waals surface area contributed by atoms with Crippen LogP contribution in [0, 0.1) is 5.41 Å². The number of hydrogen-bond donors (Lipinski definition) is 0. The van der Waals surface area contributed by atoms with Gasteiger partial charge in [0, 0.05) is 0 Å². The summed E-state index contributed by atoms with van der Waals surface area (Å²) in [5.74, 6) is -0.203. The molecule has 0 N–H and O–H groups in total. The molecule has 0 spiro atoms. The first-order valence-electron chi connectivity index (χ1n) is 4.37. The van der Waals surface area contributed by atoms with Crippen LogP contribution in [0.25, 0.3) is 0 Å². The second-order valence-electron chi connectivity index (χ2n) is 2.99. The van der Waals surface area contributed by atoms with Gasteiger partial charge in [0.2, 0.25) is 0 Å². The molecule has 0 aromatic carbocycles. The maximum atomic E-state index is 11.5. The van der Waals surface area contributed by atoms with Crippen LogP contribution in [0.1, 0.15) is 13.3 Å². The number of methoxy groups -OCH3 is 1. The first kappa shape index (κ1) is 9.78. The predicted octanol–water partition coefficient (Wildman–Crippen LogP) is 2.24. The molecule has 0 radical (unpaired) electrons. The summed E-state index contributed by atoms with van der Waals surface area (Å²) in [6, 6.07) is 0. The van der Waals surface area contributed by atoms with Crippen LogP contribution in [0.4, 0.5) is 0 Å². The van der Waals surface area contributed by atoms with Gasteiger partial charge in [-0.2, -0.15) is 0 Å². The summed E-state index contributed by atoms with van der Waals surface area (Å²) in [6.07, 6.45) is 12.0. The van der Waals surface area contributed by atoms with Crippen LogP contribution in [-0.4, -0.2) is 13.1 Å². The van der Waals surface area contributed by atoms with Gasteiger partial charge in [-0.15, -0.1) is 0 Å². The van der Waals surface area contributed by atoms with Gasteiger partial charge in [0.15, 0.2) is 0 Å². The zero-order chi connectivity index (χ0) is 9.73. The highest BCUT2D eigenvalue weighted by atomic mass is 16.5. The van der Waals surface area contributed by atoms with Crippen molar-refractivity contribution < 1.29 is 9.53 Å². The summed E-state index contributed by atoms with van der Waals surface area (Å²) in [7, 11) is 1.42. The molecular formula is C11H14O2. The van der Waals surface area contributed by atoms with Crippen molar-refractivity contribution in [3.8, 4) is 0 Å². The van der Waals surface area contributed by atoms with Crippen LogP contribution in [0.2, 0.25) is 0 Å². The molecule has 1 aliphatic rings. The first-order valence-corrected chi connectivity index (χ1v) is 4.37. The number of hydrogen-bond acceptors (Lipinski definition) is 2. The number of carbonyl (C=O) groups excluding carboxylic acids is 1. The molecule has 70 valence electrons. The highest BCUT2D eigenvalue weighted by Crippen LogP contribution is 2.28. The average molecular weight is 178 g/mol. The Labute approximate surface area is 78.6 Å². The zero-order valence-electron chi connectivity index (χ0n) is 7.99. The van der Waals surface area contributed by atoms with Gasteiger partial charge in [-0.05, 0) is 6.42 Å². The van der Waals surface area contributed by atoms with Crippen molar-refractivity contribution >= 4 is 5.97 Å². The van der Waals surface area contributed by atoms with Crippen molar-refractivity contribution in [3.05, 3.63) is 36.5 Å². The van der Waals surface area contributed by atoms with Crippen LogP contribution >= 0.6 is 0 Å². The van der Waals surface area contributed by atoms with Crippen molar-refractivity contribution in [2.75, 3.05) is 7.11 Å². The Morgan fingerprint density at radius 2 is 1.77 bits per heavy atom. The third-order valence-electron chi connectivity index (χ3n) is 2.27. The molecule has 13 heavy (non-hydrogen) atoms.